The average Bonchev–Trinajstić information content (AvgIpc) is 3.19. The molecule has 0 aliphatic heterocycles. The summed E-state index contributed by atoms with van der Waals surface area (Å²) in [6.07, 6.45) is 7.81. The summed E-state index contributed by atoms with van der Waals surface area (Å²) in [7, 11) is 0. The van der Waals surface area contributed by atoms with Gasteiger partial charge in [-0.15, -0.1) is 0 Å². The molecule has 0 fully saturated rings. The molecule has 0 saturated carbocycles. The molecule has 31 heavy (non-hydrogen) atoms. The monoisotopic (exact) mass is 486 g/mol. The molecule has 0 unspecified atom stereocenters. The fourth-order valence-electron chi connectivity index (χ4n) is 3.31. The molecule has 0 bridgehead atoms. The van der Waals surface area contributed by atoms with Crippen molar-refractivity contribution in [1.82, 2.24) is 0 Å². The number of aryl methyl sites for hydroxylation is 1. The molecule has 2 aromatic carbocycles. The van der Waals surface area contributed by atoms with Crippen molar-refractivity contribution in [3.05, 3.63) is 81.8 Å². The molecule has 164 valence electrons. The first-order valence-corrected chi connectivity index (χ1v) is 12.5. The fourth-order valence-corrected chi connectivity index (χ4v) is 5.76. The van der Waals surface area contributed by atoms with Crippen LogP contribution in [0.4, 0.5) is 0 Å². The molecule has 0 saturated heterocycles. The van der Waals surface area contributed by atoms with Gasteiger partial charge in [0.2, 0.25) is 0 Å². The van der Waals surface area contributed by atoms with Crippen LogP contribution in [0.2, 0.25) is 0 Å². The Bertz CT molecular complexity index is 943. The first kappa shape index (κ1) is 24.6. The van der Waals surface area contributed by atoms with Gasteiger partial charge in [0.05, 0.1) is 11.1 Å². The van der Waals surface area contributed by atoms with Gasteiger partial charge in [0.25, 0.3) is 0 Å². The summed E-state index contributed by atoms with van der Waals surface area (Å²) < 4.78 is 1.65. The second-order valence-electron chi connectivity index (χ2n) is 7.30. The molecule has 2 N–H and O–H groups in total. The number of benzene rings is 2. The van der Waals surface area contributed by atoms with E-state index in [1.807, 2.05) is 0 Å². The van der Waals surface area contributed by atoms with Crippen LogP contribution in [0.5, 0.6) is 0 Å². The van der Waals surface area contributed by atoms with Crippen molar-refractivity contribution in [1.29, 1.82) is 0 Å². The Labute approximate surface area is 190 Å². The molecule has 3 aromatic rings. The maximum atomic E-state index is 10.5. The van der Waals surface area contributed by atoms with E-state index in [0.29, 0.717) is 14.5 Å². The topological polar surface area (TPSA) is 74.6 Å². The summed E-state index contributed by atoms with van der Waals surface area (Å²) in [5.41, 5.74) is 4.42. The van der Waals surface area contributed by atoms with Crippen LogP contribution in [-0.2, 0) is 12.8 Å². The molecule has 0 spiro atoms. The minimum absolute atomic E-state index is 0.190. The number of carboxylic acids is 2. The third kappa shape index (κ3) is 7.23. The molecular weight excluding hydrogens is 455 g/mol. The van der Waals surface area contributed by atoms with Crippen molar-refractivity contribution in [2.24, 2.45) is 0 Å². The van der Waals surface area contributed by atoms with Crippen molar-refractivity contribution in [3.63, 3.8) is 0 Å². The molecule has 0 amide bonds. The van der Waals surface area contributed by atoms with E-state index in [1.165, 1.54) is 68.4 Å². The number of aromatic carboxylic acids is 2. The summed E-state index contributed by atoms with van der Waals surface area (Å²) in [5.74, 6) is -2.46. The Morgan fingerprint density at radius 1 is 0.774 bits per heavy atom. The maximum absolute atomic E-state index is 10.5. The summed E-state index contributed by atoms with van der Waals surface area (Å²) in [4.78, 5) is 23.5. The second-order valence-corrected chi connectivity index (χ2v) is 9.14. The molecule has 0 aliphatic carbocycles. The van der Waals surface area contributed by atoms with Gasteiger partial charge >= 0.3 is 135 Å². The van der Waals surface area contributed by atoms with Gasteiger partial charge in [-0.3, -0.25) is 0 Å². The van der Waals surface area contributed by atoms with Crippen LogP contribution >= 0.6 is 0 Å². The van der Waals surface area contributed by atoms with E-state index in [0.717, 1.165) is 0 Å². The van der Waals surface area contributed by atoms with E-state index in [1.54, 1.807) is 15.6 Å². The van der Waals surface area contributed by atoms with Crippen molar-refractivity contribution < 1.29 is 19.8 Å². The van der Waals surface area contributed by atoms with Gasteiger partial charge in [0.1, 0.15) is 0 Å². The number of unbranched alkanes of at least 4 members (excludes halogenated alkanes) is 2. The normalized spacial score (nSPS) is 10.3. The number of hydrogen-bond donors (Lipinski definition) is 2. The van der Waals surface area contributed by atoms with E-state index in [2.05, 4.69) is 49.1 Å². The molecular formula is C26H30O4Se. The smallest absolute Gasteiger partial charge is 0.336 e. The summed E-state index contributed by atoms with van der Waals surface area (Å²) in [6.45, 7) is 4.58. The van der Waals surface area contributed by atoms with E-state index in [9.17, 15) is 9.59 Å². The molecule has 0 atom stereocenters. The average molecular weight is 485 g/mol. The predicted molar refractivity (Wildman–Crippen MR) is 126 cm³/mol. The summed E-state index contributed by atoms with van der Waals surface area (Å²) in [6, 6.07) is 16.5. The molecule has 3 rings (SSSR count). The maximum Gasteiger partial charge on any atom is 0.336 e. The van der Waals surface area contributed by atoms with Crippen LogP contribution in [0, 0.1) is 0 Å². The molecule has 1 aromatic heterocycles. The van der Waals surface area contributed by atoms with Gasteiger partial charge < -0.3 is 10.2 Å². The first-order chi connectivity index (χ1) is 15.0. The first-order valence-electron chi connectivity index (χ1n) is 10.7. The predicted octanol–water partition coefficient (Wildman–Crippen LogP) is 6.18. The van der Waals surface area contributed by atoms with Crippen LogP contribution in [0.25, 0.3) is 10.0 Å². The zero-order chi connectivity index (χ0) is 22.6. The van der Waals surface area contributed by atoms with Crippen LogP contribution in [0.15, 0.2) is 59.5 Å². The molecule has 0 aliphatic rings. The van der Waals surface area contributed by atoms with E-state index in [-0.39, 0.29) is 11.1 Å². The standard InChI is InChI=1S/C18H24Se.C8H6O4/c1-3-5-10-16-14-19-18(17(16)13-6-4-2)15-11-8-7-9-12-15;9-7(10)5-3-1-2-4-6(5)8(11)12/h7-9,11-12,14H,3-6,10,13H2,1-2H3;1-4H,(H,9,10)(H,11,12). The number of hydrogen-bond acceptors (Lipinski definition) is 2. The van der Waals surface area contributed by atoms with Crippen LogP contribution < -0.4 is 0 Å². The third-order valence-electron chi connectivity index (χ3n) is 4.98. The Kier molecular flexibility index (Phi) is 10.3. The van der Waals surface area contributed by atoms with Gasteiger partial charge in [0, 0.05) is 0 Å². The number of carboxylic acid groups (broad SMARTS) is 2. The Morgan fingerprint density at radius 3 is 1.81 bits per heavy atom. The van der Waals surface area contributed by atoms with Crippen LogP contribution in [-0.4, -0.2) is 36.7 Å². The molecule has 5 heteroatoms. The van der Waals surface area contributed by atoms with Crippen LogP contribution in [0.3, 0.4) is 0 Å². The quantitative estimate of drug-likeness (QED) is 0.355. The SMILES string of the molecule is CCCCc1c[se]c(-c2ccccc2)c1CCCC.O=C(O)c1ccccc1C(=O)O. The fraction of sp³-hybridized carbons (Fsp3) is 0.308. The van der Waals surface area contributed by atoms with Crippen molar-refractivity contribution in [3.8, 4) is 10.0 Å². The number of rotatable bonds is 9. The number of carbonyl (C=O) groups is 2. The largest absolute Gasteiger partial charge is 0.478 e. The van der Waals surface area contributed by atoms with E-state index < -0.39 is 11.9 Å². The van der Waals surface area contributed by atoms with Gasteiger partial charge in [0.15, 0.2) is 0 Å². The van der Waals surface area contributed by atoms with E-state index in [4.69, 9.17) is 10.2 Å². The second kappa shape index (κ2) is 12.9. The van der Waals surface area contributed by atoms with Gasteiger partial charge in [-0.1, -0.05) is 12.1 Å². The molecule has 0 radical (unpaired) electrons. The minimum Gasteiger partial charge on any atom is -0.478 e. The van der Waals surface area contributed by atoms with Crippen LogP contribution in [0.1, 0.15) is 71.4 Å². The Balaban J connectivity index is 0.000000245. The van der Waals surface area contributed by atoms with Crippen molar-refractivity contribution >= 4 is 26.4 Å². The minimum atomic E-state index is -1.23. The molecule has 4 nitrogen and oxygen atoms in total. The zero-order valence-electron chi connectivity index (χ0n) is 18.1. The molecule has 1 heterocycles. The summed E-state index contributed by atoms with van der Waals surface area (Å²) in [5, 5.41) is 17.1. The zero-order valence-corrected chi connectivity index (χ0v) is 19.8. The van der Waals surface area contributed by atoms with E-state index >= 15 is 0 Å². The summed E-state index contributed by atoms with van der Waals surface area (Å²) >= 11 is 0.549. The van der Waals surface area contributed by atoms with Gasteiger partial charge in [-0.05, 0) is 12.1 Å². The Hall–Kier alpha value is -2.62. The van der Waals surface area contributed by atoms with Crippen molar-refractivity contribution in [2.75, 3.05) is 0 Å². The van der Waals surface area contributed by atoms with Gasteiger partial charge in [-0.25, -0.2) is 9.59 Å². The van der Waals surface area contributed by atoms with Crippen molar-refractivity contribution in [2.45, 2.75) is 52.4 Å². The Morgan fingerprint density at radius 2 is 1.29 bits per heavy atom. The third-order valence-corrected chi connectivity index (χ3v) is 7.33. The van der Waals surface area contributed by atoms with Gasteiger partial charge in [-0.2, -0.15) is 0 Å².